The van der Waals surface area contributed by atoms with Crippen molar-refractivity contribution in [1.29, 1.82) is 0 Å². The molecule has 2 aromatic carbocycles. The molecule has 4 nitrogen and oxygen atoms in total. The third-order valence-corrected chi connectivity index (χ3v) is 4.06. The van der Waals surface area contributed by atoms with Gasteiger partial charge in [-0.2, -0.15) is 0 Å². The average Bonchev–Trinajstić information content (AvgIpc) is 2.42. The lowest BCUT2D eigenvalue weighted by molar-refractivity contribution is 0.598. The molecule has 106 valence electrons. The third-order valence-electron chi connectivity index (χ3n) is 2.81. The number of hydrogen-bond acceptors (Lipinski definition) is 3. The summed E-state index contributed by atoms with van der Waals surface area (Å²) in [5, 5.41) is 0. The summed E-state index contributed by atoms with van der Waals surface area (Å²) >= 11 is 0. The molecule has 0 aromatic heterocycles. The van der Waals surface area contributed by atoms with E-state index in [9.17, 15) is 12.8 Å². The van der Waals surface area contributed by atoms with Gasteiger partial charge in [0.1, 0.15) is 11.5 Å². The summed E-state index contributed by atoms with van der Waals surface area (Å²) in [5.74, 6) is -0.821. The summed E-state index contributed by atoms with van der Waals surface area (Å²) in [7, 11) is -3.65. The van der Waals surface area contributed by atoms with Crippen LogP contribution in [0, 0.1) is 5.82 Å². The largest absolute Gasteiger partial charge is 0.397 e. The zero-order chi connectivity index (χ0) is 14.6. The first-order valence-electron chi connectivity index (χ1n) is 6.06. The van der Waals surface area contributed by atoms with Gasteiger partial charge in [-0.1, -0.05) is 36.4 Å². The van der Waals surface area contributed by atoms with E-state index < -0.39 is 15.8 Å². The molecule has 0 saturated carbocycles. The molecule has 2 rings (SSSR count). The number of nitrogens with two attached hydrogens (primary N) is 1. The maximum absolute atomic E-state index is 13.5. The highest BCUT2D eigenvalue weighted by Crippen LogP contribution is 2.23. The van der Waals surface area contributed by atoms with Gasteiger partial charge in [0.15, 0.2) is 0 Å². The van der Waals surface area contributed by atoms with E-state index in [1.54, 1.807) is 0 Å². The summed E-state index contributed by atoms with van der Waals surface area (Å²) < 4.78 is 39.6. The van der Waals surface area contributed by atoms with Crippen LogP contribution in [0.4, 0.5) is 15.8 Å². The molecule has 0 aliphatic heterocycles. The zero-order valence-electron chi connectivity index (χ0n) is 10.7. The molecule has 0 aliphatic carbocycles. The van der Waals surface area contributed by atoms with Gasteiger partial charge in [0, 0.05) is 0 Å². The van der Waals surface area contributed by atoms with Crippen LogP contribution < -0.4 is 10.5 Å². The van der Waals surface area contributed by atoms with Crippen LogP contribution >= 0.6 is 0 Å². The van der Waals surface area contributed by atoms with Gasteiger partial charge in [0.2, 0.25) is 10.0 Å². The predicted molar refractivity (Wildman–Crippen MR) is 78.4 cm³/mol. The van der Waals surface area contributed by atoms with Gasteiger partial charge in [0.05, 0.1) is 11.4 Å². The first-order chi connectivity index (χ1) is 9.48. The summed E-state index contributed by atoms with van der Waals surface area (Å²) in [6.07, 6.45) is 0.352. The van der Waals surface area contributed by atoms with Crippen LogP contribution in [0.15, 0.2) is 48.5 Å². The monoisotopic (exact) mass is 294 g/mol. The van der Waals surface area contributed by atoms with Crippen LogP contribution in [0.5, 0.6) is 0 Å². The van der Waals surface area contributed by atoms with Crippen LogP contribution in [-0.4, -0.2) is 14.2 Å². The van der Waals surface area contributed by atoms with Crippen LogP contribution in [0.3, 0.4) is 0 Å². The normalized spacial score (nSPS) is 11.2. The van der Waals surface area contributed by atoms with Crippen LogP contribution in [0.1, 0.15) is 5.56 Å². The Balaban J connectivity index is 2.08. The molecule has 0 bridgehead atoms. The van der Waals surface area contributed by atoms with E-state index in [1.165, 1.54) is 12.1 Å². The molecule has 0 spiro atoms. The Kier molecular flexibility index (Phi) is 4.24. The fourth-order valence-electron chi connectivity index (χ4n) is 1.75. The third kappa shape index (κ3) is 3.71. The number of rotatable bonds is 5. The van der Waals surface area contributed by atoms with Crippen molar-refractivity contribution in [2.45, 2.75) is 6.42 Å². The molecule has 0 atom stereocenters. The standard InChI is InChI=1S/C14H15FN2O2S/c15-12-7-4-8-13(16)14(12)17-20(18,19)10-9-11-5-2-1-3-6-11/h1-8,17H,9-10,16H2. The molecule has 0 aliphatic rings. The first kappa shape index (κ1) is 14.3. The van der Waals surface area contributed by atoms with Crippen molar-refractivity contribution in [3.8, 4) is 0 Å². The van der Waals surface area contributed by atoms with E-state index in [0.717, 1.165) is 11.6 Å². The van der Waals surface area contributed by atoms with Crippen molar-refractivity contribution < 1.29 is 12.8 Å². The lowest BCUT2D eigenvalue weighted by Crippen LogP contribution is -2.19. The smallest absolute Gasteiger partial charge is 0.233 e. The van der Waals surface area contributed by atoms with Gasteiger partial charge in [-0.15, -0.1) is 0 Å². The Labute approximate surface area is 117 Å². The average molecular weight is 294 g/mol. The van der Waals surface area contributed by atoms with E-state index in [4.69, 9.17) is 5.73 Å². The Morgan fingerprint density at radius 3 is 2.40 bits per heavy atom. The lowest BCUT2D eigenvalue weighted by atomic mass is 10.2. The number of nitrogens with one attached hydrogen (secondary N) is 1. The SMILES string of the molecule is Nc1cccc(F)c1NS(=O)(=O)CCc1ccccc1. The number of nitrogen functional groups attached to an aromatic ring is 1. The summed E-state index contributed by atoms with van der Waals surface area (Å²) in [5.41, 5.74) is 6.34. The number of para-hydroxylation sites is 1. The minimum atomic E-state index is -3.65. The fourth-order valence-corrected chi connectivity index (χ4v) is 2.88. The number of halogens is 1. The van der Waals surface area contributed by atoms with E-state index in [1.807, 2.05) is 30.3 Å². The van der Waals surface area contributed by atoms with Gasteiger partial charge >= 0.3 is 0 Å². The summed E-state index contributed by atoms with van der Waals surface area (Å²) in [6.45, 7) is 0. The van der Waals surface area contributed by atoms with Crippen LogP contribution in [0.25, 0.3) is 0 Å². The Hall–Kier alpha value is -2.08. The minimum absolute atomic E-state index is 0.0632. The Morgan fingerprint density at radius 1 is 1.05 bits per heavy atom. The van der Waals surface area contributed by atoms with Crippen molar-refractivity contribution in [1.82, 2.24) is 0 Å². The van der Waals surface area contributed by atoms with Gasteiger partial charge in [-0.05, 0) is 24.1 Å². The topological polar surface area (TPSA) is 72.2 Å². The quantitative estimate of drug-likeness (QED) is 0.832. The maximum Gasteiger partial charge on any atom is 0.233 e. The predicted octanol–water partition coefficient (Wildman–Crippen LogP) is 2.39. The van der Waals surface area contributed by atoms with Crippen molar-refractivity contribution in [3.05, 3.63) is 59.9 Å². The molecule has 2 aromatic rings. The maximum atomic E-state index is 13.5. The van der Waals surface area contributed by atoms with Crippen molar-refractivity contribution >= 4 is 21.4 Å². The molecular formula is C14H15FN2O2S. The van der Waals surface area contributed by atoms with E-state index in [0.29, 0.717) is 6.42 Å². The highest BCUT2D eigenvalue weighted by atomic mass is 32.2. The zero-order valence-corrected chi connectivity index (χ0v) is 11.5. The van der Waals surface area contributed by atoms with E-state index in [-0.39, 0.29) is 17.1 Å². The van der Waals surface area contributed by atoms with E-state index >= 15 is 0 Å². The van der Waals surface area contributed by atoms with Gasteiger partial charge in [-0.25, -0.2) is 12.8 Å². The van der Waals surface area contributed by atoms with E-state index in [2.05, 4.69) is 4.72 Å². The number of anilines is 2. The second kappa shape index (κ2) is 5.92. The number of hydrogen-bond donors (Lipinski definition) is 2. The summed E-state index contributed by atoms with van der Waals surface area (Å²) in [4.78, 5) is 0. The molecule has 0 saturated heterocycles. The first-order valence-corrected chi connectivity index (χ1v) is 7.71. The highest BCUT2D eigenvalue weighted by Gasteiger charge is 2.15. The van der Waals surface area contributed by atoms with Crippen molar-refractivity contribution in [2.75, 3.05) is 16.2 Å². The fraction of sp³-hybridized carbons (Fsp3) is 0.143. The van der Waals surface area contributed by atoms with Crippen molar-refractivity contribution in [2.24, 2.45) is 0 Å². The molecule has 0 amide bonds. The molecule has 3 N–H and O–H groups in total. The lowest BCUT2D eigenvalue weighted by Gasteiger charge is -2.11. The number of sulfonamides is 1. The van der Waals surface area contributed by atoms with Crippen molar-refractivity contribution in [3.63, 3.8) is 0 Å². The molecule has 0 radical (unpaired) electrons. The second-order valence-corrected chi connectivity index (χ2v) is 6.20. The summed E-state index contributed by atoms with van der Waals surface area (Å²) in [6, 6.07) is 13.2. The molecule has 6 heteroatoms. The van der Waals surface area contributed by atoms with Crippen LogP contribution in [0.2, 0.25) is 0 Å². The Morgan fingerprint density at radius 2 is 1.75 bits per heavy atom. The number of benzene rings is 2. The van der Waals surface area contributed by atoms with Gasteiger partial charge < -0.3 is 5.73 Å². The Bertz CT molecular complexity index is 667. The van der Waals surface area contributed by atoms with Gasteiger partial charge in [-0.3, -0.25) is 4.72 Å². The number of aryl methyl sites for hydroxylation is 1. The minimum Gasteiger partial charge on any atom is -0.397 e. The van der Waals surface area contributed by atoms with Gasteiger partial charge in [0.25, 0.3) is 0 Å². The molecular weight excluding hydrogens is 279 g/mol. The molecule has 0 heterocycles. The molecule has 0 unspecified atom stereocenters. The van der Waals surface area contributed by atoms with Crippen LogP contribution in [-0.2, 0) is 16.4 Å². The molecule has 20 heavy (non-hydrogen) atoms. The second-order valence-electron chi connectivity index (χ2n) is 4.36. The highest BCUT2D eigenvalue weighted by molar-refractivity contribution is 7.92. The molecule has 0 fully saturated rings.